The zero-order valence-corrected chi connectivity index (χ0v) is 10.1. The molecule has 17 heavy (non-hydrogen) atoms. The van der Waals surface area contributed by atoms with Crippen molar-refractivity contribution in [3.05, 3.63) is 41.5 Å². The Kier molecular flexibility index (Phi) is 3.93. The Morgan fingerprint density at radius 3 is 2.71 bits per heavy atom. The number of rotatable bonds is 5. The molecule has 0 fully saturated rings. The van der Waals surface area contributed by atoms with Crippen molar-refractivity contribution in [2.45, 2.75) is 39.0 Å². The van der Waals surface area contributed by atoms with Crippen LogP contribution in [-0.2, 0) is 6.42 Å². The lowest BCUT2D eigenvalue weighted by Gasteiger charge is -2.13. The fraction of sp³-hybridized carbons (Fsp3) is 0.467. The summed E-state index contributed by atoms with van der Waals surface area (Å²) in [5.74, 6) is 0.335. The van der Waals surface area contributed by atoms with Crippen LogP contribution in [0, 0.1) is 5.92 Å². The summed E-state index contributed by atoms with van der Waals surface area (Å²) in [5.41, 5.74) is 4.02. The van der Waals surface area contributed by atoms with E-state index in [0.29, 0.717) is 12.3 Å². The van der Waals surface area contributed by atoms with Crippen LogP contribution in [-0.4, -0.2) is 6.43 Å². The molecular weight excluding hydrogens is 218 g/mol. The number of hydrogen-bond acceptors (Lipinski definition) is 0. The number of allylic oxidation sites excluding steroid dienone is 2. The largest absolute Gasteiger partial charge is 0.238 e. The molecule has 0 aromatic heterocycles. The van der Waals surface area contributed by atoms with Gasteiger partial charge in [0.1, 0.15) is 0 Å². The van der Waals surface area contributed by atoms with Gasteiger partial charge in [-0.25, -0.2) is 8.78 Å². The fourth-order valence-corrected chi connectivity index (χ4v) is 2.44. The summed E-state index contributed by atoms with van der Waals surface area (Å²) in [4.78, 5) is 0. The zero-order chi connectivity index (χ0) is 12.3. The molecule has 0 aliphatic heterocycles. The van der Waals surface area contributed by atoms with Gasteiger partial charge in [0.05, 0.1) is 0 Å². The molecule has 92 valence electrons. The highest BCUT2D eigenvalue weighted by Crippen LogP contribution is 2.33. The van der Waals surface area contributed by atoms with Gasteiger partial charge in [0.15, 0.2) is 0 Å². The van der Waals surface area contributed by atoms with Gasteiger partial charge in [-0.1, -0.05) is 37.3 Å². The van der Waals surface area contributed by atoms with Crippen LogP contribution in [0.1, 0.15) is 37.3 Å². The molecule has 0 spiro atoms. The Hall–Kier alpha value is -1.18. The highest BCUT2D eigenvalue weighted by molar-refractivity contribution is 5.73. The van der Waals surface area contributed by atoms with Crippen LogP contribution in [0.4, 0.5) is 8.78 Å². The summed E-state index contributed by atoms with van der Waals surface area (Å²) >= 11 is 0. The second-order valence-corrected chi connectivity index (χ2v) is 4.87. The van der Waals surface area contributed by atoms with Gasteiger partial charge < -0.3 is 0 Å². The zero-order valence-electron chi connectivity index (χ0n) is 10.1. The van der Waals surface area contributed by atoms with Crippen LogP contribution < -0.4 is 0 Å². The SMILES string of the molecule is C[C@@H](CCC(F)F)CC1=CCc2ccccc21. The normalized spacial score (nSPS) is 15.9. The molecule has 0 unspecified atom stereocenters. The molecule has 0 saturated heterocycles. The molecule has 0 radical (unpaired) electrons. The topological polar surface area (TPSA) is 0 Å². The first-order chi connectivity index (χ1) is 8.16. The highest BCUT2D eigenvalue weighted by Gasteiger charge is 2.16. The number of benzene rings is 1. The van der Waals surface area contributed by atoms with Crippen molar-refractivity contribution < 1.29 is 8.78 Å². The van der Waals surface area contributed by atoms with E-state index in [1.54, 1.807) is 0 Å². The van der Waals surface area contributed by atoms with Crippen molar-refractivity contribution in [3.63, 3.8) is 0 Å². The molecule has 1 aliphatic rings. The van der Waals surface area contributed by atoms with Crippen LogP contribution >= 0.6 is 0 Å². The van der Waals surface area contributed by atoms with Gasteiger partial charge in [-0.2, -0.15) is 0 Å². The Morgan fingerprint density at radius 2 is 1.94 bits per heavy atom. The van der Waals surface area contributed by atoms with Gasteiger partial charge in [-0.15, -0.1) is 0 Å². The minimum atomic E-state index is -2.16. The molecule has 0 heterocycles. The van der Waals surface area contributed by atoms with E-state index in [1.165, 1.54) is 16.7 Å². The van der Waals surface area contributed by atoms with E-state index in [1.807, 2.05) is 6.07 Å². The van der Waals surface area contributed by atoms with E-state index >= 15 is 0 Å². The molecule has 1 aliphatic carbocycles. The van der Waals surface area contributed by atoms with E-state index < -0.39 is 6.43 Å². The van der Waals surface area contributed by atoms with Gasteiger partial charge in [-0.3, -0.25) is 0 Å². The maximum atomic E-state index is 12.1. The van der Waals surface area contributed by atoms with Crippen LogP contribution in [0.3, 0.4) is 0 Å². The Labute approximate surface area is 101 Å². The van der Waals surface area contributed by atoms with Crippen molar-refractivity contribution in [1.29, 1.82) is 0 Å². The standard InChI is InChI=1S/C15H18F2/c1-11(6-9-15(16)17)10-13-8-7-12-4-2-3-5-14(12)13/h2-5,8,11,15H,6-7,9-10H2,1H3/t11-/m0/s1. The van der Waals surface area contributed by atoms with Crippen LogP contribution in [0.2, 0.25) is 0 Å². The Balaban J connectivity index is 1.93. The molecule has 1 atom stereocenters. The number of alkyl halides is 2. The Bertz CT molecular complexity index is 407. The lowest BCUT2D eigenvalue weighted by atomic mass is 9.93. The molecule has 0 saturated carbocycles. The van der Waals surface area contributed by atoms with Crippen molar-refractivity contribution in [2.24, 2.45) is 5.92 Å². The summed E-state index contributed by atoms with van der Waals surface area (Å²) in [6, 6.07) is 8.37. The third-order valence-electron chi connectivity index (χ3n) is 3.38. The lowest BCUT2D eigenvalue weighted by molar-refractivity contribution is 0.129. The van der Waals surface area contributed by atoms with Gasteiger partial charge >= 0.3 is 0 Å². The van der Waals surface area contributed by atoms with Gasteiger partial charge in [0.2, 0.25) is 6.43 Å². The molecule has 2 heteroatoms. The summed E-state index contributed by atoms with van der Waals surface area (Å²) < 4.78 is 24.3. The van der Waals surface area contributed by atoms with Crippen molar-refractivity contribution in [1.82, 2.24) is 0 Å². The highest BCUT2D eigenvalue weighted by atomic mass is 19.3. The number of halogens is 2. The lowest BCUT2D eigenvalue weighted by Crippen LogP contribution is -2.00. The minimum absolute atomic E-state index is 0.0239. The smallest absolute Gasteiger partial charge is 0.211 e. The first-order valence-corrected chi connectivity index (χ1v) is 6.22. The van der Waals surface area contributed by atoms with E-state index in [4.69, 9.17) is 0 Å². The Morgan fingerprint density at radius 1 is 1.18 bits per heavy atom. The van der Waals surface area contributed by atoms with Crippen LogP contribution in [0.15, 0.2) is 30.3 Å². The molecule has 1 aromatic carbocycles. The molecule has 0 nitrogen and oxygen atoms in total. The van der Waals surface area contributed by atoms with Gasteiger partial charge in [-0.05, 0) is 41.9 Å². The summed E-state index contributed by atoms with van der Waals surface area (Å²) in [6.07, 6.45) is 2.62. The average molecular weight is 236 g/mol. The monoisotopic (exact) mass is 236 g/mol. The van der Waals surface area contributed by atoms with Gasteiger partial charge in [0, 0.05) is 6.42 Å². The summed E-state index contributed by atoms with van der Waals surface area (Å²) in [7, 11) is 0. The van der Waals surface area contributed by atoms with Crippen molar-refractivity contribution in [3.8, 4) is 0 Å². The first kappa shape index (κ1) is 12.3. The minimum Gasteiger partial charge on any atom is -0.211 e. The number of hydrogen-bond donors (Lipinski definition) is 0. The van der Waals surface area contributed by atoms with Crippen LogP contribution in [0.5, 0.6) is 0 Å². The predicted molar refractivity (Wildman–Crippen MR) is 67.1 cm³/mol. The summed E-state index contributed by atoms with van der Waals surface area (Å²) in [6.45, 7) is 2.06. The molecule has 0 bridgehead atoms. The quantitative estimate of drug-likeness (QED) is 0.695. The summed E-state index contributed by atoms with van der Waals surface area (Å²) in [5, 5.41) is 0. The third kappa shape index (κ3) is 3.15. The molecule has 1 aromatic rings. The van der Waals surface area contributed by atoms with Crippen molar-refractivity contribution >= 4 is 5.57 Å². The maximum absolute atomic E-state index is 12.1. The molecule has 2 rings (SSSR count). The molecular formula is C15H18F2. The number of fused-ring (bicyclic) bond motifs is 1. The maximum Gasteiger partial charge on any atom is 0.238 e. The second-order valence-electron chi connectivity index (χ2n) is 4.87. The first-order valence-electron chi connectivity index (χ1n) is 6.22. The van der Waals surface area contributed by atoms with E-state index in [2.05, 4.69) is 31.2 Å². The van der Waals surface area contributed by atoms with Crippen molar-refractivity contribution in [2.75, 3.05) is 0 Å². The molecule has 0 N–H and O–H groups in total. The van der Waals surface area contributed by atoms with E-state index in [-0.39, 0.29) is 6.42 Å². The average Bonchev–Trinajstić information content (AvgIpc) is 2.70. The molecule has 0 amide bonds. The predicted octanol–water partition coefficient (Wildman–Crippen LogP) is 4.70. The van der Waals surface area contributed by atoms with E-state index in [9.17, 15) is 8.78 Å². The fourth-order valence-electron chi connectivity index (χ4n) is 2.44. The third-order valence-corrected chi connectivity index (χ3v) is 3.38. The van der Waals surface area contributed by atoms with Crippen LogP contribution in [0.25, 0.3) is 5.57 Å². The van der Waals surface area contributed by atoms with Gasteiger partial charge in [0.25, 0.3) is 0 Å². The van der Waals surface area contributed by atoms with E-state index in [0.717, 1.165) is 12.8 Å². The second kappa shape index (κ2) is 5.44.